The Morgan fingerprint density at radius 2 is 1.64 bits per heavy atom. The van der Waals surface area contributed by atoms with Crippen molar-refractivity contribution in [2.75, 3.05) is 13.6 Å². The van der Waals surface area contributed by atoms with E-state index in [-0.39, 0.29) is 11.4 Å². The highest BCUT2D eigenvalue weighted by Crippen LogP contribution is 2.22. The molecule has 0 saturated heterocycles. The quantitative estimate of drug-likeness (QED) is 0.561. The Hall–Kier alpha value is -2.39. The average Bonchev–Trinajstić information content (AvgIpc) is 2.55. The lowest BCUT2D eigenvalue weighted by Gasteiger charge is -2.21. The van der Waals surface area contributed by atoms with Gasteiger partial charge in [0.1, 0.15) is 5.76 Å². The topological polar surface area (TPSA) is 29.5 Å². The van der Waals surface area contributed by atoms with Crippen LogP contribution in [0.25, 0.3) is 0 Å². The second-order valence-corrected chi connectivity index (χ2v) is 7.41. The number of benzene rings is 2. The number of rotatable bonds is 6. The number of hydrogen-bond acceptors (Lipinski definition) is 3. The number of nitrogens with zero attached hydrogens (tertiary/aromatic N) is 1. The predicted molar refractivity (Wildman–Crippen MR) is 102 cm³/mol. The summed E-state index contributed by atoms with van der Waals surface area (Å²) in [5.41, 5.74) is 3.23. The van der Waals surface area contributed by atoms with Gasteiger partial charge in [0.05, 0.1) is 12.1 Å². The molecular weight excluding hydrogens is 310 g/mol. The van der Waals surface area contributed by atoms with Gasteiger partial charge in [-0.05, 0) is 35.7 Å². The van der Waals surface area contributed by atoms with Crippen molar-refractivity contribution in [1.29, 1.82) is 0 Å². The molecule has 2 aromatic rings. The van der Waals surface area contributed by atoms with Crippen LogP contribution in [0.2, 0.25) is 0 Å². The molecule has 3 heteroatoms. The van der Waals surface area contributed by atoms with Crippen molar-refractivity contribution in [3.8, 4) is 0 Å². The molecule has 0 aliphatic rings. The summed E-state index contributed by atoms with van der Waals surface area (Å²) in [7, 11) is 1.99. The van der Waals surface area contributed by atoms with E-state index in [0.717, 1.165) is 6.54 Å². The van der Waals surface area contributed by atoms with Crippen LogP contribution in [-0.2, 0) is 16.7 Å². The summed E-state index contributed by atoms with van der Waals surface area (Å²) in [6, 6.07) is 17.6. The van der Waals surface area contributed by atoms with Gasteiger partial charge in [0.2, 0.25) is 0 Å². The number of esters is 1. The molecule has 25 heavy (non-hydrogen) atoms. The SMILES string of the molecule is C=C(CN(C)Cc1ccc(C(C)(C)C)cc1)OC(=O)c1ccccc1. The first-order valence-corrected chi connectivity index (χ1v) is 8.48. The van der Waals surface area contributed by atoms with Crippen molar-refractivity contribution in [3.05, 3.63) is 83.6 Å². The summed E-state index contributed by atoms with van der Waals surface area (Å²) in [6.45, 7) is 11.8. The first-order chi connectivity index (χ1) is 11.8. The minimum Gasteiger partial charge on any atom is -0.427 e. The minimum absolute atomic E-state index is 0.157. The lowest BCUT2D eigenvalue weighted by molar-refractivity contribution is 0.0602. The molecule has 0 radical (unpaired) electrons. The average molecular weight is 337 g/mol. The Kier molecular flexibility index (Phi) is 6.16. The van der Waals surface area contributed by atoms with Crippen LogP contribution in [0.4, 0.5) is 0 Å². The van der Waals surface area contributed by atoms with Crippen LogP contribution in [0.5, 0.6) is 0 Å². The fourth-order valence-electron chi connectivity index (χ4n) is 2.58. The van der Waals surface area contributed by atoms with E-state index >= 15 is 0 Å². The number of hydrogen-bond donors (Lipinski definition) is 0. The molecule has 0 atom stereocenters. The maximum atomic E-state index is 12.0. The van der Waals surface area contributed by atoms with Gasteiger partial charge >= 0.3 is 5.97 Å². The summed E-state index contributed by atoms with van der Waals surface area (Å²) in [6.07, 6.45) is 0. The van der Waals surface area contributed by atoms with E-state index in [4.69, 9.17) is 4.74 Å². The monoisotopic (exact) mass is 337 g/mol. The Balaban J connectivity index is 1.86. The summed E-state index contributed by atoms with van der Waals surface area (Å²) >= 11 is 0. The number of carbonyl (C=O) groups excluding carboxylic acids is 1. The van der Waals surface area contributed by atoms with Gasteiger partial charge in [-0.25, -0.2) is 4.79 Å². The van der Waals surface area contributed by atoms with E-state index in [0.29, 0.717) is 17.9 Å². The molecule has 0 amide bonds. The molecule has 132 valence electrons. The molecule has 0 heterocycles. The van der Waals surface area contributed by atoms with E-state index < -0.39 is 0 Å². The van der Waals surface area contributed by atoms with Crippen molar-refractivity contribution < 1.29 is 9.53 Å². The van der Waals surface area contributed by atoms with Gasteiger partial charge < -0.3 is 4.74 Å². The van der Waals surface area contributed by atoms with Gasteiger partial charge in [-0.15, -0.1) is 0 Å². The van der Waals surface area contributed by atoms with Crippen LogP contribution in [0.3, 0.4) is 0 Å². The highest BCUT2D eigenvalue weighted by Gasteiger charge is 2.14. The molecule has 3 nitrogen and oxygen atoms in total. The lowest BCUT2D eigenvalue weighted by Crippen LogP contribution is -2.22. The molecule has 0 spiro atoms. The van der Waals surface area contributed by atoms with Crippen molar-refractivity contribution >= 4 is 5.97 Å². The zero-order valence-electron chi connectivity index (χ0n) is 15.6. The van der Waals surface area contributed by atoms with Crippen LogP contribution in [0.1, 0.15) is 42.3 Å². The third-order valence-corrected chi connectivity index (χ3v) is 3.97. The zero-order valence-corrected chi connectivity index (χ0v) is 15.6. The van der Waals surface area contributed by atoms with Crippen molar-refractivity contribution in [3.63, 3.8) is 0 Å². The second-order valence-electron chi connectivity index (χ2n) is 7.41. The third kappa shape index (κ3) is 5.87. The maximum Gasteiger partial charge on any atom is 0.343 e. The van der Waals surface area contributed by atoms with Crippen LogP contribution in [-0.4, -0.2) is 24.5 Å². The highest BCUT2D eigenvalue weighted by atomic mass is 16.5. The van der Waals surface area contributed by atoms with Gasteiger partial charge in [0.25, 0.3) is 0 Å². The molecule has 0 unspecified atom stereocenters. The van der Waals surface area contributed by atoms with E-state index in [1.54, 1.807) is 12.1 Å². The van der Waals surface area contributed by atoms with Crippen LogP contribution < -0.4 is 0 Å². The first-order valence-electron chi connectivity index (χ1n) is 8.48. The fraction of sp³-hybridized carbons (Fsp3) is 0.318. The van der Waals surface area contributed by atoms with Crippen molar-refractivity contribution in [2.24, 2.45) is 0 Å². The Labute approximate surface area is 150 Å². The predicted octanol–water partition coefficient (Wildman–Crippen LogP) is 4.79. The standard InChI is InChI=1S/C22H27NO2/c1-17(25-21(24)19-9-7-6-8-10-19)15-23(5)16-18-11-13-20(14-12-18)22(2,3)4/h6-14H,1,15-16H2,2-5H3. The van der Waals surface area contributed by atoms with Gasteiger partial charge in [0, 0.05) is 6.54 Å². The van der Waals surface area contributed by atoms with Gasteiger partial charge in [-0.3, -0.25) is 4.90 Å². The molecular formula is C22H27NO2. The maximum absolute atomic E-state index is 12.0. The van der Waals surface area contributed by atoms with Crippen LogP contribution >= 0.6 is 0 Å². The van der Waals surface area contributed by atoms with E-state index in [1.807, 2.05) is 25.2 Å². The van der Waals surface area contributed by atoms with E-state index in [9.17, 15) is 4.79 Å². The van der Waals surface area contributed by atoms with Crippen molar-refractivity contribution in [2.45, 2.75) is 32.7 Å². The molecule has 0 saturated carbocycles. The van der Waals surface area contributed by atoms with Crippen molar-refractivity contribution in [1.82, 2.24) is 4.90 Å². The Bertz CT molecular complexity index is 712. The smallest absolute Gasteiger partial charge is 0.343 e. The molecule has 2 aromatic carbocycles. The van der Waals surface area contributed by atoms with Crippen LogP contribution in [0, 0.1) is 0 Å². The Morgan fingerprint density at radius 3 is 2.20 bits per heavy atom. The molecule has 0 bridgehead atoms. The molecule has 2 rings (SSSR count). The highest BCUT2D eigenvalue weighted by molar-refractivity contribution is 5.89. The number of ether oxygens (including phenoxy) is 1. The molecule has 0 aliphatic heterocycles. The molecule has 0 aliphatic carbocycles. The summed E-state index contributed by atoms with van der Waals surface area (Å²) in [5.74, 6) is 0.0798. The fourth-order valence-corrected chi connectivity index (χ4v) is 2.58. The largest absolute Gasteiger partial charge is 0.427 e. The molecule has 0 fully saturated rings. The zero-order chi connectivity index (χ0) is 18.4. The second kappa shape index (κ2) is 8.13. The summed E-state index contributed by atoms with van der Waals surface area (Å²) in [4.78, 5) is 14.1. The molecule has 0 N–H and O–H groups in total. The van der Waals surface area contributed by atoms with E-state index in [1.165, 1.54) is 11.1 Å². The lowest BCUT2D eigenvalue weighted by atomic mass is 9.87. The summed E-state index contributed by atoms with van der Waals surface area (Å²) < 4.78 is 5.33. The minimum atomic E-state index is -0.367. The van der Waals surface area contributed by atoms with Gasteiger partial charge in [0.15, 0.2) is 0 Å². The number of likely N-dealkylation sites (N-methyl/N-ethyl adjacent to an activating group) is 1. The van der Waals surface area contributed by atoms with Gasteiger partial charge in [-0.2, -0.15) is 0 Å². The van der Waals surface area contributed by atoms with Crippen LogP contribution in [0.15, 0.2) is 66.9 Å². The van der Waals surface area contributed by atoms with Gasteiger partial charge in [-0.1, -0.05) is 69.8 Å². The van der Waals surface area contributed by atoms with E-state index in [2.05, 4.69) is 56.5 Å². The normalized spacial score (nSPS) is 11.4. The first kappa shape index (κ1) is 18.9. The Morgan fingerprint density at radius 1 is 1.04 bits per heavy atom. The number of carbonyl (C=O) groups is 1. The molecule has 0 aromatic heterocycles. The third-order valence-electron chi connectivity index (χ3n) is 3.97. The summed E-state index contributed by atoms with van der Waals surface area (Å²) in [5, 5.41) is 0.